The lowest BCUT2D eigenvalue weighted by Gasteiger charge is -2.28. The molecule has 0 saturated carbocycles. The van der Waals surface area contributed by atoms with E-state index in [0.717, 1.165) is 25.9 Å². The zero-order valence-corrected chi connectivity index (χ0v) is 9.38. The maximum absolute atomic E-state index is 5.87. The molecule has 0 aliphatic heterocycles. The average molecular weight is 185 g/mol. The van der Waals surface area contributed by atoms with E-state index < -0.39 is 0 Å². The average Bonchev–Trinajstić information content (AvgIpc) is 2.15. The molecule has 3 heteroatoms. The summed E-state index contributed by atoms with van der Waals surface area (Å²) in [6.45, 7) is 10.3. The van der Waals surface area contributed by atoms with Crippen LogP contribution in [-0.2, 0) is 0 Å². The smallest absolute Gasteiger partial charge is 0.191 e. The van der Waals surface area contributed by atoms with Gasteiger partial charge in [-0.05, 0) is 26.7 Å². The number of aliphatic imine (C=N–C) groups is 1. The minimum Gasteiger partial charge on any atom is -0.370 e. The van der Waals surface area contributed by atoms with Gasteiger partial charge in [0.2, 0.25) is 0 Å². The van der Waals surface area contributed by atoms with Crippen molar-refractivity contribution in [2.75, 3.05) is 13.1 Å². The van der Waals surface area contributed by atoms with Crippen LogP contribution in [0, 0.1) is 0 Å². The highest BCUT2D eigenvalue weighted by Crippen LogP contribution is 2.02. The molecule has 0 saturated heterocycles. The summed E-state index contributed by atoms with van der Waals surface area (Å²) in [6, 6.07) is 0.491. The minimum atomic E-state index is 0.491. The van der Waals surface area contributed by atoms with Gasteiger partial charge < -0.3 is 10.6 Å². The van der Waals surface area contributed by atoms with E-state index in [0.29, 0.717) is 12.0 Å². The van der Waals surface area contributed by atoms with Crippen LogP contribution in [-0.4, -0.2) is 30.0 Å². The van der Waals surface area contributed by atoms with Crippen LogP contribution in [0.2, 0.25) is 0 Å². The Kier molecular flexibility index (Phi) is 6.37. The Morgan fingerprint density at radius 2 is 2.00 bits per heavy atom. The van der Waals surface area contributed by atoms with E-state index in [4.69, 9.17) is 5.73 Å². The van der Waals surface area contributed by atoms with Gasteiger partial charge in [-0.1, -0.05) is 13.8 Å². The summed E-state index contributed by atoms with van der Waals surface area (Å²) >= 11 is 0. The molecule has 0 fully saturated rings. The maximum Gasteiger partial charge on any atom is 0.191 e. The number of nitrogens with two attached hydrogens (primary N) is 1. The third-order valence-electron chi connectivity index (χ3n) is 2.26. The Morgan fingerprint density at radius 1 is 1.38 bits per heavy atom. The molecule has 0 amide bonds. The van der Waals surface area contributed by atoms with Crippen molar-refractivity contribution >= 4 is 5.96 Å². The molecule has 0 rings (SSSR count). The molecule has 0 aliphatic carbocycles. The summed E-state index contributed by atoms with van der Waals surface area (Å²) in [6.07, 6.45) is 2.16. The molecular weight excluding hydrogens is 162 g/mol. The fourth-order valence-electron chi connectivity index (χ4n) is 1.24. The monoisotopic (exact) mass is 185 g/mol. The van der Waals surface area contributed by atoms with Crippen LogP contribution >= 0.6 is 0 Å². The van der Waals surface area contributed by atoms with Crippen molar-refractivity contribution in [3.8, 4) is 0 Å². The zero-order chi connectivity index (χ0) is 10.3. The molecule has 0 aromatic heterocycles. The lowest BCUT2D eigenvalue weighted by molar-refractivity contribution is 0.332. The normalized spacial score (nSPS) is 14.3. The van der Waals surface area contributed by atoms with E-state index in [1.807, 2.05) is 0 Å². The first-order chi connectivity index (χ1) is 6.17. The molecule has 0 bridgehead atoms. The number of nitrogens with zero attached hydrogens (tertiary/aromatic N) is 2. The Balaban J connectivity index is 4.21. The number of rotatable bonds is 5. The molecule has 2 N–H and O–H groups in total. The van der Waals surface area contributed by atoms with Gasteiger partial charge in [0.25, 0.3) is 0 Å². The van der Waals surface area contributed by atoms with Gasteiger partial charge in [0, 0.05) is 19.1 Å². The Morgan fingerprint density at radius 3 is 2.38 bits per heavy atom. The van der Waals surface area contributed by atoms with Crippen LogP contribution in [0.1, 0.15) is 40.5 Å². The first-order valence-electron chi connectivity index (χ1n) is 5.23. The minimum absolute atomic E-state index is 0.491. The van der Waals surface area contributed by atoms with Gasteiger partial charge in [0.1, 0.15) is 0 Å². The molecule has 1 atom stereocenters. The van der Waals surface area contributed by atoms with Gasteiger partial charge >= 0.3 is 0 Å². The molecule has 0 radical (unpaired) electrons. The molecule has 78 valence electrons. The summed E-state index contributed by atoms with van der Waals surface area (Å²) in [7, 11) is 0. The van der Waals surface area contributed by atoms with E-state index in [1.54, 1.807) is 0 Å². The molecule has 0 aromatic carbocycles. The summed E-state index contributed by atoms with van der Waals surface area (Å²) in [5.41, 5.74) is 5.87. The Bertz CT molecular complexity index is 154. The second-order valence-corrected chi connectivity index (χ2v) is 3.28. The lowest BCUT2D eigenvalue weighted by atomic mass is 10.2. The van der Waals surface area contributed by atoms with Crippen molar-refractivity contribution in [3.05, 3.63) is 0 Å². The standard InChI is InChI=1S/C10H23N3/c1-5-8-12-10(11)13(7-3)9(4)6-2/h9H,5-8H2,1-4H3,(H2,11,12). The Labute approximate surface area is 82.0 Å². The third-order valence-corrected chi connectivity index (χ3v) is 2.26. The maximum atomic E-state index is 5.87. The molecule has 0 heterocycles. The van der Waals surface area contributed by atoms with Gasteiger partial charge in [0.05, 0.1) is 0 Å². The van der Waals surface area contributed by atoms with E-state index in [-0.39, 0.29) is 0 Å². The third kappa shape index (κ3) is 4.15. The lowest BCUT2D eigenvalue weighted by Crippen LogP contribution is -2.43. The topological polar surface area (TPSA) is 41.6 Å². The summed E-state index contributed by atoms with van der Waals surface area (Å²) in [5.74, 6) is 0.693. The quantitative estimate of drug-likeness (QED) is 0.524. The summed E-state index contributed by atoms with van der Waals surface area (Å²) < 4.78 is 0. The van der Waals surface area contributed by atoms with Crippen molar-refractivity contribution in [2.45, 2.75) is 46.6 Å². The molecule has 0 spiro atoms. The van der Waals surface area contributed by atoms with Crippen molar-refractivity contribution in [2.24, 2.45) is 10.7 Å². The predicted molar refractivity (Wildman–Crippen MR) is 58.9 cm³/mol. The largest absolute Gasteiger partial charge is 0.370 e. The van der Waals surface area contributed by atoms with Crippen LogP contribution in [0.4, 0.5) is 0 Å². The first kappa shape index (κ1) is 12.3. The van der Waals surface area contributed by atoms with Gasteiger partial charge in [-0.25, -0.2) is 0 Å². The second kappa shape index (κ2) is 6.75. The van der Waals surface area contributed by atoms with Crippen molar-refractivity contribution in [1.82, 2.24) is 4.90 Å². The highest BCUT2D eigenvalue weighted by atomic mass is 15.3. The Hall–Kier alpha value is -0.730. The van der Waals surface area contributed by atoms with E-state index in [2.05, 4.69) is 37.6 Å². The molecule has 1 unspecified atom stereocenters. The van der Waals surface area contributed by atoms with Crippen molar-refractivity contribution in [1.29, 1.82) is 0 Å². The van der Waals surface area contributed by atoms with Crippen molar-refractivity contribution in [3.63, 3.8) is 0 Å². The van der Waals surface area contributed by atoms with Crippen LogP contribution in [0.5, 0.6) is 0 Å². The second-order valence-electron chi connectivity index (χ2n) is 3.28. The molecule has 0 aliphatic rings. The zero-order valence-electron chi connectivity index (χ0n) is 9.38. The van der Waals surface area contributed by atoms with E-state index >= 15 is 0 Å². The van der Waals surface area contributed by atoms with Gasteiger partial charge in [0.15, 0.2) is 5.96 Å². The summed E-state index contributed by atoms with van der Waals surface area (Å²) in [4.78, 5) is 6.45. The van der Waals surface area contributed by atoms with Crippen LogP contribution < -0.4 is 5.73 Å². The van der Waals surface area contributed by atoms with Crippen molar-refractivity contribution < 1.29 is 0 Å². The predicted octanol–water partition coefficient (Wildman–Crippen LogP) is 1.83. The number of hydrogen-bond donors (Lipinski definition) is 1. The van der Waals surface area contributed by atoms with E-state index in [1.165, 1.54) is 0 Å². The highest BCUT2D eigenvalue weighted by molar-refractivity contribution is 5.78. The molecule has 0 aromatic rings. The molecule has 3 nitrogen and oxygen atoms in total. The number of hydrogen-bond acceptors (Lipinski definition) is 1. The fraction of sp³-hybridized carbons (Fsp3) is 0.900. The first-order valence-corrected chi connectivity index (χ1v) is 5.23. The summed E-state index contributed by atoms with van der Waals surface area (Å²) in [5, 5.41) is 0. The van der Waals surface area contributed by atoms with Crippen LogP contribution in [0.3, 0.4) is 0 Å². The fourth-order valence-corrected chi connectivity index (χ4v) is 1.24. The van der Waals surface area contributed by atoms with Crippen LogP contribution in [0.15, 0.2) is 4.99 Å². The highest BCUT2D eigenvalue weighted by Gasteiger charge is 2.11. The molecular formula is C10H23N3. The number of guanidine groups is 1. The van der Waals surface area contributed by atoms with Crippen LogP contribution in [0.25, 0.3) is 0 Å². The van der Waals surface area contributed by atoms with Gasteiger partial charge in [-0.3, -0.25) is 4.99 Å². The van der Waals surface area contributed by atoms with Gasteiger partial charge in [-0.15, -0.1) is 0 Å². The molecule has 13 heavy (non-hydrogen) atoms. The SMILES string of the molecule is CCCN=C(N)N(CC)C(C)CC. The van der Waals surface area contributed by atoms with Gasteiger partial charge in [-0.2, -0.15) is 0 Å². The van der Waals surface area contributed by atoms with E-state index in [9.17, 15) is 0 Å².